The maximum Gasteiger partial charge on any atom is 0.253 e. The molecule has 1 unspecified atom stereocenters. The maximum absolute atomic E-state index is 12.0. The van der Waals surface area contributed by atoms with Crippen LogP contribution in [0.2, 0.25) is 0 Å². The Morgan fingerprint density at radius 2 is 2.00 bits per heavy atom. The quantitative estimate of drug-likeness (QED) is 0.677. The van der Waals surface area contributed by atoms with Gasteiger partial charge in [0, 0.05) is 0 Å². The van der Waals surface area contributed by atoms with Crippen molar-refractivity contribution in [3.63, 3.8) is 0 Å². The second-order valence-corrected chi connectivity index (χ2v) is 3.87. The van der Waals surface area contributed by atoms with Gasteiger partial charge in [0.05, 0.1) is 6.04 Å². The van der Waals surface area contributed by atoms with Gasteiger partial charge in [0.25, 0.3) is 6.43 Å². The number of hydrogen-bond acceptors (Lipinski definition) is 1. The molecular formula is C8H15F2N. The Hall–Kier alpha value is -0.180. The van der Waals surface area contributed by atoms with Crippen molar-refractivity contribution in [1.29, 1.82) is 0 Å². The largest absolute Gasteiger partial charge is 0.323 e. The molecule has 0 aromatic heterocycles. The second kappa shape index (κ2) is 3.05. The van der Waals surface area contributed by atoms with E-state index in [1.807, 2.05) is 6.92 Å². The lowest BCUT2D eigenvalue weighted by atomic mass is 9.67. The van der Waals surface area contributed by atoms with Crippen LogP contribution in [0.25, 0.3) is 0 Å². The van der Waals surface area contributed by atoms with Crippen LogP contribution in [0.15, 0.2) is 0 Å². The van der Waals surface area contributed by atoms with Crippen molar-refractivity contribution in [2.75, 3.05) is 0 Å². The van der Waals surface area contributed by atoms with E-state index in [1.54, 1.807) is 0 Å². The minimum atomic E-state index is -2.35. The summed E-state index contributed by atoms with van der Waals surface area (Å²) in [6.45, 7) is 2.04. The Bertz CT molecular complexity index is 132. The van der Waals surface area contributed by atoms with E-state index in [1.165, 1.54) is 6.42 Å². The summed E-state index contributed by atoms with van der Waals surface area (Å²) >= 11 is 0. The molecule has 1 aliphatic rings. The van der Waals surface area contributed by atoms with Gasteiger partial charge in [-0.1, -0.05) is 13.3 Å². The van der Waals surface area contributed by atoms with Gasteiger partial charge in [-0.05, 0) is 24.7 Å². The van der Waals surface area contributed by atoms with E-state index in [4.69, 9.17) is 5.73 Å². The highest BCUT2D eigenvalue weighted by Gasteiger charge is 2.35. The molecule has 0 saturated heterocycles. The van der Waals surface area contributed by atoms with Crippen LogP contribution in [-0.4, -0.2) is 12.5 Å². The fourth-order valence-corrected chi connectivity index (χ4v) is 1.64. The van der Waals surface area contributed by atoms with Crippen LogP contribution in [-0.2, 0) is 0 Å². The molecule has 11 heavy (non-hydrogen) atoms. The normalized spacial score (nSPS) is 24.8. The van der Waals surface area contributed by atoms with Gasteiger partial charge in [-0.15, -0.1) is 0 Å². The van der Waals surface area contributed by atoms with E-state index in [9.17, 15) is 8.78 Å². The molecule has 3 heteroatoms. The third-order valence-corrected chi connectivity index (χ3v) is 2.61. The first kappa shape index (κ1) is 8.91. The third-order valence-electron chi connectivity index (χ3n) is 2.61. The number of rotatable bonds is 3. The van der Waals surface area contributed by atoms with Gasteiger partial charge >= 0.3 is 0 Å². The van der Waals surface area contributed by atoms with Crippen LogP contribution in [0.5, 0.6) is 0 Å². The Kier molecular flexibility index (Phi) is 2.47. The number of alkyl halides is 2. The lowest BCUT2D eigenvalue weighted by Gasteiger charge is -2.40. The molecule has 0 aliphatic heterocycles. The summed E-state index contributed by atoms with van der Waals surface area (Å²) in [7, 11) is 0. The van der Waals surface area contributed by atoms with Crippen LogP contribution in [0.3, 0.4) is 0 Å². The predicted octanol–water partition coefficient (Wildman–Crippen LogP) is 2.16. The minimum Gasteiger partial charge on any atom is -0.323 e. The number of hydrogen-bond donors (Lipinski definition) is 1. The highest BCUT2D eigenvalue weighted by atomic mass is 19.3. The van der Waals surface area contributed by atoms with Crippen molar-refractivity contribution >= 4 is 0 Å². The molecule has 1 nitrogen and oxygen atoms in total. The summed E-state index contributed by atoms with van der Waals surface area (Å²) in [4.78, 5) is 0. The zero-order valence-electron chi connectivity index (χ0n) is 6.82. The van der Waals surface area contributed by atoms with Gasteiger partial charge in [0.1, 0.15) is 0 Å². The molecular weight excluding hydrogens is 148 g/mol. The molecule has 66 valence electrons. The molecule has 1 aliphatic carbocycles. The van der Waals surface area contributed by atoms with E-state index in [0.29, 0.717) is 6.42 Å². The van der Waals surface area contributed by atoms with Crippen LogP contribution in [0.4, 0.5) is 8.78 Å². The van der Waals surface area contributed by atoms with E-state index in [2.05, 4.69) is 0 Å². The van der Waals surface area contributed by atoms with Crippen molar-refractivity contribution in [2.45, 2.75) is 45.1 Å². The standard InChI is InChI=1S/C8H15F2N/c1-8(3-2-4-8)5-6(11)7(9)10/h6-7H,2-5,11H2,1H3. The fourth-order valence-electron chi connectivity index (χ4n) is 1.64. The monoisotopic (exact) mass is 163 g/mol. The van der Waals surface area contributed by atoms with Crippen molar-refractivity contribution < 1.29 is 8.78 Å². The Morgan fingerprint density at radius 3 is 2.27 bits per heavy atom. The van der Waals surface area contributed by atoms with Crippen molar-refractivity contribution in [2.24, 2.45) is 11.1 Å². The lowest BCUT2D eigenvalue weighted by molar-refractivity contribution is 0.0589. The van der Waals surface area contributed by atoms with E-state index < -0.39 is 12.5 Å². The Labute approximate surface area is 66.0 Å². The van der Waals surface area contributed by atoms with E-state index in [-0.39, 0.29) is 5.41 Å². The van der Waals surface area contributed by atoms with Gasteiger partial charge in [-0.2, -0.15) is 0 Å². The lowest BCUT2D eigenvalue weighted by Crippen LogP contribution is -2.38. The molecule has 0 spiro atoms. The van der Waals surface area contributed by atoms with Crippen LogP contribution in [0, 0.1) is 5.41 Å². The molecule has 0 radical (unpaired) electrons. The zero-order valence-corrected chi connectivity index (χ0v) is 6.82. The summed E-state index contributed by atoms with van der Waals surface area (Å²) in [5.41, 5.74) is 5.38. The Morgan fingerprint density at radius 1 is 1.45 bits per heavy atom. The zero-order chi connectivity index (χ0) is 8.48. The average Bonchev–Trinajstić information content (AvgIpc) is 1.84. The van der Waals surface area contributed by atoms with Crippen LogP contribution in [0.1, 0.15) is 32.6 Å². The van der Waals surface area contributed by atoms with Crippen molar-refractivity contribution in [1.82, 2.24) is 0 Å². The first-order valence-electron chi connectivity index (χ1n) is 4.07. The smallest absolute Gasteiger partial charge is 0.253 e. The van der Waals surface area contributed by atoms with Gasteiger partial charge in [0.2, 0.25) is 0 Å². The van der Waals surface area contributed by atoms with E-state index >= 15 is 0 Å². The molecule has 0 amide bonds. The van der Waals surface area contributed by atoms with Crippen molar-refractivity contribution in [3.8, 4) is 0 Å². The first-order valence-corrected chi connectivity index (χ1v) is 4.07. The molecule has 0 aromatic carbocycles. The van der Waals surface area contributed by atoms with Gasteiger partial charge in [0.15, 0.2) is 0 Å². The van der Waals surface area contributed by atoms with Crippen LogP contribution >= 0.6 is 0 Å². The number of nitrogens with two attached hydrogens (primary N) is 1. The molecule has 2 N–H and O–H groups in total. The van der Waals surface area contributed by atoms with Crippen molar-refractivity contribution in [3.05, 3.63) is 0 Å². The fraction of sp³-hybridized carbons (Fsp3) is 1.00. The van der Waals surface area contributed by atoms with Gasteiger partial charge in [-0.25, -0.2) is 8.78 Å². The molecule has 0 heterocycles. The molecule has 0 aromatic rings. The topological polar surface area (TPSA) is 26.0 Å². The van der Waals surface area contributed by atoms with Gasteiger partial charge in [-0.3, -0.25) is 0 Å². The molecule has 1 fully saturated rings. The Balaban J connectivity index is 2.29. The molecule has 1 saturated carbocycles. The first-order chi connectivity index (χ1) is 5.03. The second-order valence-electron chi connectivity index (χ2n) is 3.87. The summed E-state index contributed by atoms with van der Waals surface area (Å²) in [5, 5.41) is 0. The third kappa shape index (κ3) is 2.12. The summed E-state index contributed by atoms with van der Waals surface area (Å²) in [6.07, 6.45) is 1.42. The highest BCUT2D eigenvalue weighted by molar-refractivity contribution is 4.87. The van der Waals surface area contributed by atoms with Gasteiger partial charge < -0.3 is 5.73 Å². The van der Waals surface area contributed by atoms with E-state index in [0.717, 1.165) is 12.8 Å². The average molecular weight is 163 g/mol. The highest BCUT2D eigenvalue weighted by Crippen LogP contribution is 2.44. The summed E-state index contributed by atoms with van der Waals surface area (Å²) in [5.74, 6) is 0. The molecule has 1 rings (SSSR count). The molecule has 0 bridgehead atoms. The molecule has 1 atom stereocenters. The van der Waals surface area contributed by atoms with Crippen LogP contribution < -0.4 is 5.73 Å². The summed E-state index contributed by atoms with van der Waals surface area (Å²) in [6, 6.07) is -0.916. The number of halogens is 2. The predicted molar refractivity (Wildman–Crippen MR) is 40.6 cm³/mol. The SMILES string of the molecule is CC1(CC(N)C(F)F)CCC1. The summed E-state index contributed by atoms with van der Waals surface area (Å²) < 4.78 is 24.0. The maximum atomic E-state index is 12.0. The minimum absolute atomic E-state index is 0.121.